The van der Waals surface area contributed by atoms with Gasteiger partial charge in [-0.25, -0.2) is 4.79 Å². The summed E-state index contributed by atoms with van der Waals surface area (Å²) < 4.78 is 0. The van der Waals surface area contributed by atoms with Crippen molar-refractivity contribution in [1.29, 1.82) is 0 Å². The molecule has 4 heteroatoms. The van der Waals surface area contributed by atoms with Crippen molar-refractivity contribution in [3.8, 4) is 0 Å². The predicted octanol–water partition coefficient (Wildman–Crippen LogP) is 3.95. The van der Waals surface area contributed by atoms with Gasteiger partial charge in [0, 0.05) is 12.2 Å². The van der Waals surface area contributed by atoms with Crippen LogP contribution in [0.2, 0.25) is 0 Å². The summed E-state index contributed by atoms with van der Waals surface area (Å²) in [5.74, 6) is 0. The van der Waals surface area contributed by atoms with Crippen LogP contribution >= 0.6 is 0 Å². The number of nitrogens with zero attached hydrogens (tertiary/aromatic N) is 1. The molecule has 2 aromatic carbocycles. The minimum atomic E-state index is -0.160. The van der Waals surface area contributed by atoms with E-state index < -0.39 is 0 Å². The van der Waals surface area contributed by atoms with Crippen LogP contribution < -0.4 is 10.6 Å². The van der Waals surface area contributed by atoms with E-state index in [0.29, 0.717) is 0 Å². The number of amides is 2. The minimum absolute atomic E-state index is 0.00486. The number of carbonyl (C=O) groups is 1. The van der Waals surface area contributed by atoms with Gasteiger partial charge in [-0.1, -0.05) is 48.0 Å². The summed E-state index contributed by atoms with van der Waals surface area (Å²) in [6.45, 7) is 5.12. The first-order chi connectivity index (χ1) is 11.7. The highest BCUT2D eigenvalue weighted by molar-refractivity contribution is 5.89. The largest absolute Gasteiger partial charge is 0.330 e. The van der Waals surface area contributed by atoms with Crippen LogP contribution in [0.25, 0.3) is 0 Å². The highest BCUT2D eigenvalue weighted by Crippen LogP contribution is 2.18. The molecule has 1 saturated heterocycles. The van der Waals surface area contributed by atoms with Crippen LogP contribution in [-0.2, 0) is 0 Å². The van der Waals surface area contributed by atoms with E-state index >= 15 is 0 Å². The summed E-state index contributed by atoms with van der Waals surface area (Å²) in [5, 5.41) is 6.06. The zero-order valence-corrected chi connectivity index (χ0v) is 14.2. The van der Waals surface area contributed by atoms with Gasteiger partial charge in [-0.15, -0.1) is 0 Å². The molecule has 0 unspecified atom stereocenters. The molecule has 2 amide bonds. The fraction of sp³-hybridized carbons (Fsp3) is 0.350. The first-order valence-corrected chi connectivity index (χ1v) is 8.62. The minimum Gasteiger partial charge on any atom is -0.330 e. The van der Waals surface area contributed by atoms with Crippen molar-refractivity contribution in [2.45, 2.75) is 25.8 Å². The zero-order chi connectivity index (χ0) is 16.8. The number of hydrogen-bond donors (Lipinski definition) is 2. The Labute approximate surface area is 143 Å². The molecule has 0 radical (unpaired) electrons. The summed E-state index contributed by atoms with van der Waals surface area (Å²) in [6, 6.07) is 17.9. The third-order valence-corrected chi connectivity index (χ3v) is 4.46. The molecule has 0 aromatic heterocycles. The molecule has 1 aliphatic heterocycles. The lowest BCUT2D eigenvalue weighted by Gasteiger charge is -2.25. The number of aryl methyl sites for hydroxylation is 1. The lowest BCUT2D eigenvalue weighted by molar-refractivity contribution is 0.240. The van der Waals surface area contributed by atoms with E-state index in [1.54, 1.807) is 0 Å². The average Bonchev–Trinajstić information content (AvgIpc) is 3.10. The van der Waals surface area contributed by atoms with Crippen LogP contribution in [-0.4, -0.2) is 30.6 Å². The van der Waals surface area contributed by atoms with Crippen molar-refractivity contribution in [3.63, 3.8) is 0 Å². The average molecular weight is 323 g/mol. The lowest BCUT2D eigenvalue weighted by Crippen LogP contribution is -2.39. The van der Waals surface area contributed by atoms with Gasteiger partial charge in [-0.05, 0) is 50.6 Å². The standard InChI is InChI=1S/C20H25N3O/c1-16-9-11-18(12-10-16)21-20(24)22-19(15-23-13-5-6-14-23)17-7-3-2-4-8-17/h2-4,7-12,19H,5-6,13-15H2,1H3,(H2,21,22,24)/t19-/m1/s1. The molecule has 1 heterocycles. The number of likely N-dealkylation sites (tertiary alicyclic amines) is 1. The van der Waals surface area contributed by atoms with Gasteiger partial charge in [0.1, 0.15) is 0 Å². The molecule has 2 aromatic rings. The summed E-state index contributed by atoms with van der Waals surface area (Å²) in [7, 11) is 0. The van der Waals surface area contributed by atoms with Gasteiger partial charge in [-0.2, -0.15) is 0 Å². The molecular formula is C20H25N3O. The van der Waals surface area contributed by atoms with Crippen LogP contribution in [0.4, 0.5) is 10.5 Å². The van der Waals surface area contributed by atoms with Crippen molar-refractivity contribution in [2.24, 2.45) is 0 Å². The fourth-order valence-electron chi connectivity index (χ4n) is 3.11. The number of nitrogens with one attached hydrogen (secondary N) is 2. The Morgan fingerprint density at radius 1 is 1.04 bits per heavy atom. The first kappa shape index (κ1) is 16.5. The van der Waals surface area contributed by atoms with Gasteiger partial charge >= 0.3 is 6.03 Å². The molecule has 1 atom stereocenters. The number of benzene rings is 2. The van der Waals surface area contributed by atoms with Crippen molar-refractivity contribution in [2.75, 3.05) is 25.0 Å². The van der Waals surface area contributed by atoms with Crippen LogP contribution in [0.1, 0.15) is 30.0 Å². The van der Waals surface area contributed by atoms with Gasteiger partial charge in [-0.3, -0.25) is 0 Å². The Balaban J connectivity index is 1.66. The Hall–Kier alpha value is -2.33. The van der Waals surface area contributed by atoms with E-state index in [-0.39, 0.29) is 12.1 Å². The number of rotatable bonds is 5. The molecule has 0 aliphatic carbocycles. The van der Waals surface area contributed by atoms with Crippen molar-refractivity contribution in [1.82, 2.24) is 10.2 Å². The van der Waals surface area contributed by atoms with Crippen LogP contribution in [0.3, 0.4) is 0 Å². The van der Waals surface area contributed by atoms with Gasteiger partial charge in [0.2, 0.25) is 0 Å². The van der Waals surface area contributed by atoms with Crippen molar-refractivity contribution >= 4 is 11.7 Å². The Kier molecular flexibility index (Phi) is 5.49. The van der Waals surface area contributed by atoms with Crippen LogP contribution in [0.5, 0.6) is 0 Å². The number of anilines is 1. The van der Waals surface area contributed by atoms with Gasteiger partial charge in [0.25, 0.3) is 0 Å². The van der Waals surface area contributed by atoms with Crippen LogP contribution in [0.15, 0.2) is 54.6 Å². The monoisotopic (exact) mass is 323 g/mol. The summed E-state index contributed by atoms with van der Waals surface area (Å²) in [4.78, 5) is 14.8. The maximum atomic E-state index is 12.4. The molecular weight excluding hydrogens is 298 g/mol. The quantitative estimate of drug-likeness (QED) is 0.875. The molecule has 0 saturated carbocycles. The second-order valence-corrected chi connectivity index (χ2v) is 6.44. The molecule has 2 N–H and O–H groups in total. The molecule has 24 heavy (non-hydrogen) atoms. The Bertz CT molecular complexity index is 648. The second kappa shape index (κ2) is 7.97. The van der Waals surface area contributed by atoms with Gasteiger partial charge < -0.3 is 15.5 Å². The van der Waals surface area contributed by atoms with E-state index in [1.807, 2.05) is 49.4 Å². The van der Waals surface area contributed by atoms with Crippen molar-refractivity contribution < 1.29 is 4.79 Å². The number of hydrogen-bond acceptors (Lipinski definition) is 2. The number of carbonyl (C=O) groups excluding carboxylic acids is 1. The third kappa shape index (κ3) is 4.59. The Morgan fingerprint density at radius 3 is 2.38 bits per heavy atom. The normalized spacial score (nSPS) is 15.9. The summed E-state index contributed by atoms with van der Waals surface area (Å²) in [6.07, 6.45) is 2.49. The predicted molar refractivity (Wildman–Crippen MR) is 98.2 cm³/mol. The van der Waals surface area contributed by atoms with E-state index in [9.17, 15) is 4.79 Å². The number of urea groups is 1. The maximum Gasteiger partial charge on any atom is 0.319 e. The zero-order valence-electron chi connectivity index (χ0n) is 14.2. The summed E-state index contributed by atoms with van der Waals surface area (Å²) >= 11 is 0. The molecule has 0 spiro atoms. The van der Waals surface area contributed by atoms with Crippen LogP contribution in [0, 0.1) is 6.92 Å². The molecule has 4 nitrogen and oxygen atoms in total. The highest BCUT2D eigenvalue weighted by Gasteiger charge is 2.20. The molecule has 0 bridgehead atoms. The molecule has 3 rings (SSSR count). The smallest absolute Gasteiger partial charge is 0.319 e. The summed E-state index contributed by atoms with van der Waals surface area (Å²) in [5.41, 5.74) is 3.13. The topological polar surface area (TPSA) is 44.4 Å². The molecule has 126 valence electrons. The Morgan fingerprint density at radius 2 is 1.71 bits per heavy atom. The lowest BCUT2D eigenvalue weighted by atomic mass is 10.1. The van der Waals surface area contributed by atoms with Gasteiger partial charge in [0.15, 0.2) is 0 Å². The molecule has 1 aliphatic rings. The first-order valence-electron chi connectivity index (χ1n) is 8.62. The molecule has 1 fully saturated rings. The van der Waals surface area contributed by atoms with E-state index in [1.165, 1.54) is 18.4 Å². The van der Waals surface area contributed by atoms with E-state index in [4.69, 9.17) is 0 Å². The second-order valence-electron chi connectivity index (χ2n) is 6.44. The van der Waals surface area contributed by atoms with Gasteiger partial charge in [0.05, 0.1) is 6.04 Å². The maximum absolute atomic E-state index is 12.4. The van der Waals surface area contributed by atoms with Crippen molar-refractivity contribution in [3.05, 3.63) is 65.7 Å². The van der Waals surface area contributed by atoms with E-state index in [2.05, 4.69) is 27.7 Å². The SMILES string of the molecule is Cc1ccc(NC(=O)N[C@H](CN2CCCC2)c2ccccc2)cc1. The third-order valence-electron chi connectivity index (χ3n) is 4.46. The van der Waals surface area contributed by atoms with E-state index in [0.717, 1.165) is 30.9 Å². The fourth-order valence-corrected chi connectivity index (χ4v) is 3.11. The highest BCUT2D eigenvalue weighted by atomic mass is 16.2.